The van der Waals surface area contributed by atoms with E-state index in [9.17, 15) is 15.0 Å². The van der Waals surface area contributed by atoms with E-state index in [0.717, 1.165) is 34.8 Å². The highest BCUT2D eigenvalue weighted by Gasteiger charge is 2.35. The number of hydrogen-bond donors (Lipinski definition) is 3. The molecule has 3 heterocycles. The highest BCUT2D eigenvalue weighted by atomic mass is 32.1. The molecule has 1 amide bonds. The first-order chi connectivity index (χ1) is 12.0. The van der Waals surface area contributed by atoms with E-state index in [1.54, 1.807) is 11.3 Å². The molecule has 0 radical (unpaired) electrons. The van der Waals surface area contributed by atoms with Crippen molar-refractivity contribution in [3.05, 3.63) is 51.7 Å². The van der Waals surface area contributed by atoms with Gasteiger partial charge in [-0.3, -0.25) is 4.79 Å². The number of fused-ring (bicyclic) bond motifs is 1. The van der Waals surface area contributed by atoms with E-state index >= 15 is 0 Å². The molecule has 3 N–H and O–H groups in total. The summed E-state index contributed by atoms with van der Waals surface area (Å²) in [6.45, 7) is 2.06. The summed E-state index contributed by atoms with van der Waals surface area (Å²) in [5.41, 5.74) is 1.91. The van der Waals surface area contributed by atoms with Crippen molar-refractivity contribution in [1.29, 1.82) is 0 Å². The molecule has 132 valence electrons. The van der Waals surface area contributed by atoms with Gasteiger partial charge in [0.05, 0.1) is 12.5 Å². The quantitative estimate of drug-likeness (QED) is 0.784. The molecule has 6 heteroatoms. The molecule has 0 spiro atoms. The number of aliphatic hydroxyl groups is 2. The average Bonchev–Trinajstić information content (AvgIpc) is 3.25. The number of carbonyl (C=O) groups is 1. The van der Waals surface area contributed by atoms with Crippen LogP contribution in [0, 0.1) is 0 Å². The summed E-state index contributed by atoms with van der Waals surface area (Å²) in [5, 5.41) is 26.2. The highest BCUT2D eigenvalue weighted by molar-refractivity contribution is 7.10. The van der Waals surface area contributed by atoms with Crippen LogP contribution in [0.4, 0.5) is 5.69 Å². The number of nitrogens with zero attached hydrogens (tertiary/aromatic N) is 1. The number of hydrogen-bond acceptors (Lipinski definition) is 5. The minimum atomic E-state index is -0.727. The van der Waals surface area contributed by atoms with Crippen LogP contribution in [0.2, 0.25) is 0 Å². The molecule has 1 saturated heterocycles. The largest absolute Gasteiger partial charge is 0.387 e. The Balaban J connectivity index is 1.37. The van der Waals surface area contributed by atoms with Gasteiger partial charge in [-0.05, 0) is 41.5 Å². The van der Waals surface area contributed by atoms with E-state index < -0.39 is 11.7 Å². The molecule has 5 nitrogen and oxygen atoms in total. The molecule has 0 aliphatic carbocycles. The Morgan fingerprint density at radius 2 is 2.08 bits per heavy atom. The minimum Gasteiger partial charge on any atom is -0.387 e. The maximum atomic E-state index is 11.5. The van der Waals surface area contributed by atoms with Crippen molar-refractivity contribution < 1.29 is 15.0 Å². The zero-order valence-corrected chi connectivity index (χ0v) is 14.8. The van der Waals surface area contributed by atoms with Gasteiger partial charge in [0.15, 0.2) is 0 Å². The molecular formula is C19H22N2O3S. The number of aliphatic hydroxyl groups excluding tert-OH is 1. The van der Waals surface area contributed by atoms with Gasteiger partial charge in [0, 0.05) is 30.2 Å². The van der Waals surface area contributed by atoms with Crippen molar-refractivity contribution in [2.45, 2.75) is 31.0 Å². The van der Waals surface area contributed by atoms with Crippen molar-refractivity contribution in [2.24, 2.45) is 0 Å². The van der Waals surface area contributed by atoms with Crippen LogP contribution in [0.5, 0.6) is 0 Å². The Morgan fingerprint density at radius 3 is 2.80 bits per heavy atom. The van der Waals surface area contributed by atoms with E-state index in [1.165, 1.54) is 0 Å². The van der Waals surface area contributed by atoms with E-state index in [4.69, 9.17) is 0 Å². The van der Waals surface area contributed by atoms with Crippen LogP contribution in [-0.4, -0.2) is 40.7 Å². The number of thiophene rings is 1. The summed E-state index contributed by atoms with van der Waals surface area (Å²) in [6, 6.07) is 9.63. The van der Waals surface area contributed by atoms with Gasteiger partial charge in [-0.15, -0.1) is 11.3 Å². The summed E-state index contributed by atoms with van der Waals surface area (Å²) in [6.07, 6.45) is 1.16. The fourth-order valence-electron chi connectivity index (χ4n) is 3.70. The number of anilines is 1. The molecule has 1 aromatic heterocycles. The molecule has 4 rings (SSSR count). The summed E-state index contributed by atoms with van der Waals surface area (Å²) in [7, 11) is 0. The smallest absolute Gasteiger partial charge is 0.228 e. The number of rotatable bonds is 4. The lowest BCUT2D eigenvalue weighted by molar-refractivity contribution is -0.115. The molecule has 1 fully saturated rings. The van der Waals surface area contributed by atoms with Gasteiger partial charge in [-0.2, -0.15) is 0 Å². The summed E-state index contributed by atoms with van der Waals surface area (Å²) in [4.78, 5) is 14.7. The van der Waals surface area contributed by atoms with Crippen LogP contribution in [0.1, 0.15) is 34.9 Å². The van der Waals surface area contributed by atoms with Crippen molar-refractivity contribution in [2.75, 3.05) is 25.0 Å². The molecule has 1 atom stereocenters. The summed E-state index contributed by atoms with van der Waals surface area (Å²) >= 11 is 1.60. The topological polar surface area (TPSA) is 72.8 Å². The predicted octanol–water partition coefficient (Wildman–Crippen LogP) is 2.26. The number of likely N-dealkylation sites (tertiary alicyclic amines) is 1. The number of carbonyl (C=O) groups excluding carboxylic acids is 1. The molecule has 0 saturated carbocycles. The van der Waals surface area contributed by atoms with Crippen LogP contribution >= 0.6 is 11.3 Å². The first-order valence-electron chi connectivity index (χ1n) is 8.63. The lowest BCUT2D eigenvalue weighted by atomic mass is 9.89. The normalized spacial score (nSPS) is 21.0. The first kappa shape index (κ1) is 16.7. The second-order valence-electron chi connectivity index (χ2n) is 6.97. The van der Waals surface area contributed by atoms with Gasteiger partial charge >= 0.3 is 0 Å². The molecule has 2 aliphatic rings. The van der Waals surface area contributed by atoms with E-state index in [-0.39, 0.29) is 5.91 Å². The molecule has 1 aromatic carbocycles. The SMILES string of the molecule is O=C1Cc2cc([C@@H](O)CN3CCC(O)(c4cccs4)CC3)ccc2N1. The van der Waals surface area contributed by atoms with Gasteiger partial charge in [0.1, 0.15) is 5.60 Å². The Labute approximate surface area is 150 Å². The lowest BCUT2D eigenvalue weighted by Crippen LogP contribution is -2.43. The second-order valence-corrected chi connectivity index (χ2v) is 7.91. The number of benzene rings is 1. The Hall–Kier alpha value is -1.73. The van der Waals surface area contributed by atoms with E-state index in [0.29, 0.717) is 25.8 Å². The summed E-state index contributed by atoms with van der Waals surface area (Å²) in [5.74, 6) is 0.00512. The average molecular weight is 358 g/mol. The Kier molecular flexibility index (Phi) is 4.37. The van der Waals surface area contributed by atoms with E-state index in [2.05, 4.69) is 10.2 Å². The van der Waals surface area contributed by atoms with Gasteiger partial charge in [0.2, 0.25) is 5.91 Å². The zero-order valence-electron chi connectivity index (χ0n) is 13.9. The number of piperidine rings is 1. The Morgan fingerprint density at radius 1 is 1.28 bits per heavy atom. The number of nitrogens with one attached hydrogen (secondary N) is 1. The fourth-order valence-corrected chi connectivity index (χ4v) is 4.59. The van der Waals surface area contributed by atoms with Crippen LogP contribution in [-0.2, 0) is 16.8 Å². The number of amides is 1. The number of β-amino-alcohol motifs (C(OH)–C–C–N with tert-alkyl or cyclic N) is 1. The third-order valence-corrected chi connectivity index (χ3v) is 6.30. The fraction of sp³-hybridized carbons (Fsp3) is 0.421. The van der Waals surface area contributed by atoms with Crippen molar-refractivity contribution in [1.82, 2.24) is 4.90 Å². The van der Waals surface area contributed by atoms with Crippen molar-refractivity contribution in [3.63, 3.8) is 0 Å². The van der Waals surface area contributed by atoms with Crippen LogP contribution in [0.15, 0.2) is 35.7 Å². The second kappa shape index (κ2) is 6.53. The van der Waals surface area contributed by atoms with Crippen LogP contribution in [0.25, 0.3) is 0 Å². The molecule has 2 aliphatic heterocycles. The third kappa shape index (κ3) is 3.35. The first-order valence-corrected chi connectivity index (χ1v) is 9.51. The zero-order chi connectivity index (χ0) is 17.4. The minimum absolute atomic E-state index is 0.00512. The highest BCUT2D eigenvalue weighted by Crippen LogP contribution is 2.36. The Bertz CT molecular complexity index is 767. The van der Waals surface area contributed by atoms with Crippen molar-refractivity contribution >= 4 is 22.9 Å². The maximum Gasteiger partial charge on any atom is 0.228 e. The molecule has 0 unspecified atom stereocenters. The van der Waals surface area contributed by atoms with Crippen LogP contribution < -0.4 is 5.32 Å². The van der Waals surface area contributed by atoms with E-state index in [1.807, 2.05) is 35.7 Å². The molecule has 25 heavy (non-hydrogen) atoms. The van der Waals surface area contributed by atoms with Gasteiger partial charge in [-0.25, -0.2) is 0 Å². The molecular weight excluding hydrogens is 336 g/mol. The van der Waals surface area contributed by atoms with Gasteiger partial charge in [0.25, 0.3) is 0 Å². The third-order valence-electron chi connectivity index (χ3n) is 5.23. The van der Waals surface area contributed by atoms with Crippen molar-refractivity contribution in [3.8, 4) is 0 Å². The van der Waals surface area contributed by atoms with Gasteiger partial charge < -0.3 is 20.4 Å². The molecule has 2 aromatic rings. The molecule has 0 bridgehead atoms. The predicted molar refractivity (Wildman–Crippen MR) is 97.6 cm³/mol. The van der Waals surface area contributed by atoms with Gasteiger partial charge in [-0.1, -0.05) is 18.2 Å². The lowest BCUT2D eigenvalue weighted by Gasteiger charge is -2.38. The monoisotopic (exact) mass is 358 g/mol. The standard InChI is InChI=1S/C19H22N2O3S/c22-16(13-3-4-15-14(10-13)11-18(23)20-15)12-21-7-5-19(24,6-8-21)17-2-1-9-25-17/h1-4,9-10,16,22,24H,5-8,11-12H2,(H,20,23)/t16-/m0/s1. The van der Waals surface area contributed by atoms with Crippen LogP contribution in [0.3, 0.4) is 0 Å². The summed E-state index contributed by atoms with van der Waals surface area (Å²) < 4.78 is 0. The maximum absolute atomic E-state index is 11.5.